The highest BCUT2D eigenvalue weighted by molar-refractivity contribution is 7.93. The molecule has 0 unspecified atom stereocenters. The number of aryl methyl sites for hydroxylation is 1. The fraction of sp³-hybridized carbons (Fsp3) is 0.0357. The maximum Gasteiger partial charge on any atom is 0.270 e. The predicted octanol–water partition coefficient (Wildman–Crippen LogP) is 6.84. The van der Waals surface area contributed by atoms with Crippen molar-refractivity contribution in [1.29, 1.82) is 0 Å². The summed E-state index contributed by atoms with van der Waals surface area (Å²) >= 11 is 0. The number of benzene rings is 4. The van der Waals surface area contributed by atoms with E-state index < -0.39 is 10.0 Å². The molecule has 0 aliphatic heterocycles. The third-order valence-electron chi connectivity index (χ3n) is 5.41. The number of hydrogen-bond acceptors (Lipinski definition) is 4. The maximum absolute atomic E-state index is 14.0. The van der Waals surface area contributed by atoms with Gasteiger partial charge >= 0.3 is 0 Å². The summed E-state index contributed by atoms with van der Waals surface area (Å²) in [5.41, 5.74) is 2.93. The molecule has 34 heavy (non-hydrogen) atoms. The van der Waals surface area contributed by atoms with Gasteiger partial charge in [0.05, 0.1) is 10.6 Å². The summed E-state index contributed by atoms with van der Waals surface area (Å²) in [6.07, 6.45) is 0. The molecule has 0 aliphatic carbocycles. The van der Waals surface area contributed by atoms with Crippen molar-refractivity contribution in [1.82, 2.24) is 4.98 Å². The Balaban J connectivity index is 1.78. The van der Waals surface area contributed by atoms with E-state index in [4.69, 9.17) is 9.40 Å². The van der Waals surface area contributed by atoms with Crippen LogP contribution < -0.4 is 4.31 Å². The Morgan fingerprint density at radius 2 is 1.21 bits per heavy atom. The van der Waals surface area contributed by atoms with Crippen molar-refractivity contribution in [3.8, 4) is 22.8 Å². The lowest BCUT2D eigenvalue weighted by Gasteiger charge is -2.23. The third kappa shape index (κ3) is 4.11. The van der Waals surface area contributed by atoms with Crippen LogP contribution in [0, 0.1) is 6.92 Å². The number of oxazole rings is 1. The molecule has 5 aromatic rings. The van der Waals surface area contributed by atoms with Gasteiger partial charge in [0.25, 0.3) is 10.0 Å². The van der Waals surface area contributed by atoms with Crippen LogP contribution in [0.2, 0.25) is 0 Å². The van der Waals surface area contributed by atoms with Gasteiger partial charge in [-0.1, -0.05) is 84.4 Å². The molecule has 0 aliphatic rings. The fourth-order valence-corrected chi connectivity index (χ4v) is 5.13. The van der Waals surface area contributed by atoms with Gasteiger partial charge in [0.2, 0.25) is 5.89 Å². The number of nitrogens with zero attached hydrogens (tertiary/aromatic N) is 2. The zero-order chi connectivity index (χ0) is 23.5. The van der Waals surface area contributed by atoms with E-state index in [1.807, 2.05) is 73.7 Å². The molecule has 0 bridgehead atoms. The lowest BCUT2D eigenvalue weighted by molar-refractivity contribution is 0.587. The lowest BCUT2D eigenvalue weighted by Crippen LogP contribution is -2.27. The van der Waals surface area contributed by atoms with Gasteiger partial charge in [-0.25, -0.2) is 12.7 Å². The Bertz CT molecular complexity index is 1500. The van der Waals surface area contributed by atoms with Gasteiger partial charge in [0.15, 0.2) is 11.6 Å². The number of rotatable bonds is 6. The minimum Gasteiger partial charge on any atom is -0.434 e. The van der Waals surface area contributed by atoms with Crippen LogP contribution in [0.1, 0.15) is 5.56 Å². The Kier molecular flexibility index (Phi) is 5.74. The van der Waals surface area contributed by atoms with Crippen molar-refractivity contribution >= 4 is 21.5 Å². The van der Waals surface area contributed by atoms with E-state index in [0.29, 0.717) is 17.3 Å². The molecule has 0 N–H and O–H groups in total. The normalized spacial score (nSPS) is 11.3. The molecule has 5 rings (SSSR count). The Morgan fingerprint density at radius 1 is 0.676 bits per heavy atom. The molecule has 0 fully saturated rings. The molecule has 168 valence electrons. The van der Waals surface area contributed by atoms with E-state index in [1.165, 1.54) is 4.31 Å². The minimum atomic E-state index is -4.01. The molecule has 1 heterocycles. The van der Waals surface area contributed by atoms with Gasteiger partial charge in [-0.05, 0) is 43.3 Å². The number of aromatic nitrogens is 1. The van der Waals surface area contributed by atoms with Gasteiger partial charge < -0.3 is 4.42 Å². The first-order valence-corrected chi connectivity index (χ1v) is 12.3. The van der Waals surface area contributed by atoms with E-state index >= 15 is 0 Å². The minimum absolute atomic E-state index is 0.172. The Labute approximate surface area is 199 Å². The quantitative estimate of drug-likeness (QED) is 0.275. The van der Waals surface area contributed by atoms with Gasteiger partial charge in [0, 0.05) is 11.1 Å². The highest BCUT2D eigenvalue weighted by atomic mass is 32.2. The molecule has 0 spiro atoms. The number of anilines is 2. The molecule has 5 nitrogen and oxygen atoms in total. The summed E-state index contributed by atoms with van der Waals surface area (Å²) < 4.78 is 35.5. The van der Waals surface area contributed by atoms with Crippen LogP contribution in [0.5, 0.6) is 0 Å². The SMILES string of the molecule is Cc1ccc(S(=O)(=O)N(c2ccccc2)c2nc(-c3ccccc3)oc2-c2ccccc2)cc1. The van der Waals surface area contributed by atoms with Crippen molar-refractivity contribution in [2.75, 3.05) is 4.31 Å². The summed E-state index contributed by atoms with van der Waals surface area (Å²) in [5, 5.41) is 0. The van der Waals surface area contributed by atoms with Crippen LogP contribution in [0.3, 0.4) is 0 Å². The smallest absolute Gasteiger partial charge is 0.270 e. The summed E-state index contributed by atoms with van der Waals surface area (Å²) in [7, 11) is -4.01. The standard InChI is InChI=1S/C28H22N2O3S/c1-21-17-19-25(20-18-21)34(31,32)30(24-15-9-4-10-16-24)27-26(22-11-5-2-6-12-22)33-28(29-27)23-13-7-3-8-14-23/h2-20H,1H3. The van der Waals surface area contributed by atoms with Crippen molar-refractivity contribution in [3.05, 3.63) is 121 Å². The van der Waals surface area contributed by atoms with Crippen molar-refractivity contribution in [3.63, 3.8) is 0 Å². The first kappa shape index (κ1) is 21.7. The van der Waals surface area contributed by atoms with Gasteiger partial charge in [-0.2, -0.15) is 4.98 Å². The first-order chi connectivity index (χ1) is 16.5. The molecule has 0 saturated carbocycles. The largest absolute Gasteiger partial charge is 0.434 e. The summed E-state index contributed by atoms with van der Waals surface area (Å²) in [5.74, 6) is 0.922. The van der Waals surface area contributed by atoms with Gasteiger partial charge in [-0.15, -0.1) is 0 Å². The molecule has 0 atom stereocenters. The molecule has 6 heteroatoms. The molecule has 0 amide bonds. The van der Waals surface area contributed by atoms with E-state index in [2.05, 4.69) is 0 Å². The molecule has 0 saturated heterocycles. The second-order valence-electron chi connectivity index (χ2n) is 7.82. The zero-order valence-electron chi connectivity index (χ0n) is 18.5. The molecule has 0 radical (unpaired) electrons. The summed E-state index contributed by atoms with van der Waals surface area (Å²) in [6, 6.07) is 34.6. The second kappa shape index (κ2) is 9.00. The third-order valence-corrected chi connectivity index (χ3v) is 7.14. The number of hydrogen-bond donors (Lipinski definition) is 0. The first-order valence-electron chi connectivity index (χ1n) is 10.8. The molecule has 1 aromatic heterocycles. The van der Waals surface area contributed by atoms with E-state index in [1.54, 1.807) is 48.5 Å². The summed E-state index contributed by atoms with van der Waals surface area (Å²) in [6.45, 7) is 1.92. The Morgan fingerprint density at radius 3 is 1.79 bits per heavy atom. The fourth-order valence-electron chi connectivity index (χ4n) is 3.69. The van der Waals surface area contributed by atoms with Crippen LogP contribution in [0.25, 0.3) is 22.8 Å². The van der Waals surface area contributed by atoms with E-state index in [-0.39, 0.29) is 10.7 Å². The van der Waals surface area contributed by atoms with Gasteiger partial charge in [0.1, 0.15) is 0 Å². The topological polar surface area (TPSA) is 63.4 Å². The van der Waals surface area contributed by atoms with Crippen molar-refractivity contribution < 1.29 is 12.8 Å². The molecule has 4 aromatic carbocycles. The van der Waals surface area contributed by atoms with Crippen molar-refractivity contribution in [2.24, 2.45) is 0 Å². The number of para-hydroxylation sites is 1. The molecular formula is C28H22N2O3S. The average molecular weight is 467 g/mol. The van der Waals surface area contributed by atoms with Crippen LogP contribution >= 0.6 is 0 Å². The Hall–Kier alpha value is -4.16. The number of sulfonamides is 1. The maximum atomic E-state index is 14.0. The monoisotopic (exact) mass is 466 g/mol. The highest BCUT2D eigenvalue weighted by Crippen LogP contribution is 2.41. The second-order valence-corrected chi connectivity index (χ2v) is 9.61. The summed E-state index contributed by atoms with van der Waals surface area (Å²) in [4.78, 5) is 4.89. The van der Waals surface area contributed by atoms with Crippen LogP contribution in [-0.4, -0.2) is 13.4 Å². The van der Waals surface area contributed by atoms with Crippen LogP contribution in [-0.2, 0) is 10.0 Å². The zero-order valence-corrected chi connectivity index (χ0v) is 19.3. The average Bonchev–Trinajstić information content (AvgIpc) is 3.31. The van der Waals surface area contributed by atoms with Crippen LogP contribution in [0.15, 0.2) is 125 Å². The van der Waals surface area contributed by atoms with Gasteiger partial charge in [-0.3, -0.25) is 0 Å². The lowest BCUT2D eigenvalue weighted by atomic mass is 10.2. The van der Waals surface area contributed by atoms with E-state index in [0.717, 1.165) is 16.7 Å². The van der Waals surface area contributed by atoms with Crippen molar-refractivity contribution in [2.45, 2.75) is 11.8 Å². The highest BCUT2D eigenvalue weighted by Gasteiger charge is 2.33. The predicted molar refractivity (Wildman–Crippen MR) is 134 cm³/mol. The van der Waals surface area contributed by atoms with Crippen LogP contribution in [0.4, 0.5) is 11.5 Å². The van der Waals surface area contributed by atoms with E-state index in [9.17, 15) is 8.42 Å². The molecular weight excluding hydrogens is 444 g/mol.